The predicted octanol–water partition coefficient (Wildman–Crippen LogP) is 3.77. The highest BCUT2D eigenvalue weighted by Gasteiger charge is 2.78. The van der Waals surface area contributed by atoms with Crippen LogP contribution in [-0.2, 0) is 4.74 Å². The summed E-state index contributed by atoms with van der Waals surface area (Å²) in [6.45, 7) is 3.71. The van der Waals surface area contributed by atoms with E-state index in [4.69, 9.17) is 4.74 Å². The van der Waals surface area contributed by atoms with Gasteiger partial charge in [0.15, 0.2) is 23.3 Å². The highest BCUT2D eigenvalue weighted by Crippen LogP contribution is 2.74. The Morgan fingerprint density at radius 2 is 1.21 bits per heavy atom. The van der Waals surface area contributed by atoms with E-state index in [9.17, 15) is 17.6 Å². The van der Waals surface area contributed by atoms with E-state index in [1.54, 1.807) is 0 Å². The molecule has 5 heteroatoms. The van der Waals surface area contributed by atoms with Crippen molar-refractivity contribution in [1.82, 2.24) is 0 Å². The van der Waals surface area contributed by atoms with Crippen LogP contribution >= 0.6 is 0 Å². The second-order valence-corrected chi connectivity index (χ2v) is 6.17. The third-order valence-electron chi connectivity index (χ3n) is 5.14. The van der Waals surface area contributed by atoms with Gasteiger partial charge in [0.1, 0.15) is 5.60 Å². The lowest BCUT2D eigenvalue weighted by molar-refractivity contribution is 0.258. The van der Waals surface area contributed by atoms with Gasteiger partial charge in [0.2, 0.25) is 0 Å². The lowest BCUT2D eigenvalue weighted by atomic mass is 9.84. The summed E-state index contributed by atoms with van der Waals surface area (Å²) >= 11 is 0. The summed E-state index contributed by atoms with van der Waals surface area (Å²) in [7, 11) is 0. The zero-order valence-corrected chi connectivity index (χ0v) is 10.5. The molecular weight excluding hydrogens is 260 g/mol. The van der Waals surface area contributed by atoms with Gasteiger partial charge in [-0.15, -0.1) is 0 Å². The molecule has 1 saturated heterocycles. The average molecular weight is 272 g/mol. The van der Waals surface area contributed by atoms with Crippen LogP contribution in [-0.4, -0.2) is 11.2 Å². The van der Waals surface area contributed by atoms with Crippen molar-refractivity contribution in [1.29, 1.82) is 0 Å². The summed E-state index contributed by atoms with van der Waals surface area (Å²) in [4.78, 5) is 0. The summed E-state index contributed by atoms with van der Waals surface area (Å²) in [5.74, 6) is -6.65. The van der Waals surface area contributed by atoms with Crippen LogP contribution in [0.5, 0.6) is 0 Å². The number of benzene rings is 1. The highest BCUT2D eigenvalue weighted by atomic mass is 19.2. The molecule has 1 aliphatic heterocycles. The summed E-state index contributed by atoms with van der Waals surface area (Å²) < 4.78 is 60.5. The maximum atomic E-state index is 14.0. The molecule has 0 N–H and O–H groups in total. The van der Waals surface area contributed by atoms with Crippen LogP contribution in [0.3, 0.4) is 0 Å². The molecule has 1 nitrogen and oxygen atoms in total. The number of hydrogen-bond donors (Lipinski definition) is 0. The van der Waals surface area contributed by atoms with Crippen molar-refractivity contribution in [3.63, 3.8) is 0 Å². The Bertz CT molecular complexity index is 580. The van der Waals surface area contributed by atoms with Crippen molar-refractivity contribution >= 4 is 0 Å². The van der Waals surface area contributed by atoms with Gasteiger partial charge in [-0.2, -0.15) is 0 Å². The fraction of sp³-hybridized carbons (Fsp3) is 0.571. The summed E-state index contributed by atoms with van der Waals surface area (Å²) in [5, 5.41) is 0. The largest absolute Gasteiger partial charge is 0.362 e. The first-order chi connectivity index (χ1) is 8.83. The Labute approximate surface area is 107 Å². The summed E-state index contributed by atoms with van der Waals surface area (Å²) in [6, 6.07) is 0. The summed E-state index contributed by atoms with van der Waals surface area (Å²) in [6.07, 6.45) is 1.26. The van der Waals surface area contributed by atoms with E-state index in [0.29, 0.717) is 12.8 Å². The minimum absolute atomic E-state index is 0.00164. The Kier molecular flexibility index (Phi) is 1.83. The fourth-order valence-corrected chi connectivity index (χ4v) is 4.45. The van der Waals surface area contributed by atoms with Gasteiger partial charge in [-0.1, -0.05) is 0 Å². The van der Waals surface area contributed by atoms with E-state index in [1.165, 1.54) is 0 Å². The minimum Gasteiger partial charge on any atom is -0.362 e. The predicted molar refractivity (Wildman–Crippen MR) is 58.9 cm³/mol. The highest BCUT2D eigenvalue weighted by molar-refractivity contribution is 5.53. The quantitative estimate of drug-likeness (QED) is 0.303. The van der Waals surface area contributed by atoms with Crippen LogP contribution in [0, 0.1) is 23.3 Å². The molecule has 1 heterocycles. The van der Waals surface area contributed by atoms with Crippen LogP contribution in [0.4, 0.5) is 17.6 Å². The van der Waals surface area contributed by atoms with Crippen molar-refractivity contribution in [2.45, 2.75) is 49.7 Å². The van der Waals surface area contributed by atoms with Gasteiger partial charge in [0, 0.05) is 23.0 Å². The molecule has 0 aromatic heterocycles. The zero-order chi connectivity index (χ0) is 13.7. The molecule has 3 atom stereocenters. The van der Waals surface area contributed by atoms with Crippen LogP contribution in [0.15, 0.2) is 0 Å². The standard InChI is InChI=1S/C14H12F4O/c1-13(2)14(19-13)5-3-4-6(14)8-7(5)9(15)11(17)12(18)10(8)16/h5-6H,3-4H2,1-2H3/t5-,6+,14?. The lowest BCUT2D eigenvalue weighted by Crippen LogP contribution is -2.24. The smallest absolute Gasteiger partial charge is 0.197 e. The molecule has 102 valence electrons. The number of epoxide rings is 1. The molecule has 1 aromatic rings. The van der Waals surface area contributed by atoms with Gasteiger partial charge in [0.05, 0.1) is 5.60 Å². The number of hydrogen-bond acceptors (Lipinski definition) is 1. The Morgan fingerprint density at radius 3 is 1.53 bits per heavy atom. The van der Waals surface area contributed by atoms with E-state index < -0.39 is 34.5 Å². The molecule has 0 radical (unpaired) electrons. The van der Waals surface area contributed by atoms with E-state index in [-0.39, 0.29) is 23.0 Å². The molecule has 0 amide bonds. The van der Waals surface area contributed by atoms with E-state index in [1.807, 2.05) is 13.8 Å². The maximum Gasteiger partial charge on any atom is 0.197 e. The molecule has 1 unspecified atom stereocenters. The van der Waals surface area contributed by atoms with Gasteiger partial charge in [-0.05, 0) is 26.7 Å². The minimum atomic E-state index is -1.71. The van der Waals surface area contributed by atoms with E-state index in [0.717, 1.165) is 0 Å². The Hall–Kier alpha value is -1.10. The van der Waals surface area contributed by atoms with Crippen molar-refractivity contribution in [3.05, 3.63) is 34.4 Å². The molecule has 1 saturated carbocycles. The topological polar surface area (TPSA) is 12.5 Å². The summed E-state index contributed by atoms with van der Waals surface area (Å²) in [5.41, 5.74) is -1.17. The van der Waals surface area contributed by atoms with Crippen molar-refractivity contribution in [2.75, 3.05) is 0 Å². The second-order valence-electron chi connectivity index (χ2n) is 6.17. The van der Waals surface area contributed by atoms with Gasteiger partial charge < -0.3 is 4.74 Å². The third-order valence-corrected chi connectivity index (χ3v) is 5.14. The molecule has 2 aliphatic carbocycles. The lowest BCUT2D eigenvalue weighted by Gasteiger charge is -2.16. The number of fused-ring (bicyclic) bond motifs is 3. The van der Waals surface area contributed by atoms with E-state index >= 15 is 0 Å². The molecule has 4 rings (SSSR count). The van der Waals surface area contributed by atoms with Crippen molar-refractivity contribution < 1.29 is 22.3 Å². The van der Waals surface area contributed by atoms with Gasteiger partial charge >= 0.3 is 0 Å². The van der Waals surface area contributed by atoms with Crippen LogP contribution in [0.2, 0.25) is 0 Å². The van der Waals surface area contributed by atoms with Crippen LogP contribution in [0.1, 0.15) is 49.7 Å². The molecule has 1 aromatic carbocycles. The normalized spacial score (nSPS) is 36.9. The van der Waals surface area contributed by atoms with Crippen molar-refractivity contribution in [3.8, 4) is 0 Å². The Morgan fingerprint density at radius 1 is 0.842 bits per heavy atom. The van der Waals surface area contributed by atoms with Gasteiger partial charge in [0.25, 0.3) is 0 Å². The molecule has 3 aliphatic rings. The third kappa shape index (κ3) is 1.01. The SMILES string of the molecule is CC1(C)OC12[C@@H]1CC[C@H]2c2c(F)c(F)c(F)c(F)c21. The zero-order valence-electron chi connectivity index (χ0n) is 10.5. The first kappa shape index (κ1) is 11.7. The Balaban J connectivity index is 2.02. The molecule has 19 heavy (non-hydrogen) atoms. The van der Waals surface area contributed by atoms with Gasteiger partial charge in [-0.25, -0.2) is 17.6 Å². The second kappa shape index (κ2) is 2.97. The van der Waals surface area contributed by atoms with Crippen LogP contribution in [0.25, 0.3) is 0 Å². The van der Waals surface area contributed by atoms with E-state index in [2.05, 4.69) is 0 Å². The molecule has 2 bridgehead atoms. The molecule has 1 spiro atoms. The maximum absolute atomic E-state index is 14.0. The average Bonchev–Trinajstić information content (AvgIpc) is 2.67. The number of ether oxygens (including phenoxy) is 1. The molecule has 2 fully saturated rings. The van der Waals surface area contributed by atoms with Crippen LogP contribution < -0.4 is 0 Å². The first-order valence-corrected chi connectivity index (χ1v) is 6.39. The number of halogens is 4. The molecular formula is C14H12F4O. The van der Waals surface area contributed by atoms with Gasteiger partial charge in [-0.3, -0.25) is 0 Å². The first-order valence-electron chi connectivity index (χ1n) is 6.39. The monoisotopic (exact) mass is 272 g/mol. The fourth-order valence-electron chi connectivity index (χ4n) is 4.45. The number of rotatable bonds is 0. The van der Waals surface area contributed by atoms with Crippen molar-refractivity contribution in [2.24, 2.45) is 0 Å².